The van der Waals surface area contributed by atoms with Crippen molar-refractivity contribution in [2.75, 3.05) is 11.4 Å². The molecule has 0 saturated heterocycles. The third kappa shape index (κ3) is 4.44. The van der Waals surface area contributed by atoms with Crippen LogP contribution in [0.1, 0.15) is 45.2 Å². The standard InChI is InChI=1S/C21H27NO/c1-16(2)22-13-6-9-20-15-19(10-11-21(20)22)18(4)8-5-7-17(3)12-14-23/h5,7-8,10-12,14-16H,6,9,13H2,1-4H3/b7-5+,17-12+,18-8+. The molecule has 0 aliphatic carbocycles. The second-order valence-electron chi connectivity index (χ2n) is 6.49. The third-order valence-electron chi connectivity index (χ3n) is 4.35. The van der Waals surface area contributed by atoms with Crippen molar-refractivity contribution in [1.82, 2.24) is 0 Å². The van der Waals surface area contributed by atoms with Crippen molar-refractivity contribution in [1.29, 1.82) is 0 Å². The van der Waals surface area contributed by atoms with E-state index in [9.17, 15) is 4.79 Å². The number of aldehydes is 1. The van der Waals surface area contributed by atoms with E-state index in [0.29, 0.717) is 6.04 Å². The monoisotopic (exact) mass is 309 g/mol. The summed E-state index contributed by atoms with van der Waals surface area (Å²) >= 11 is 0. The fourth-order valence-corrected chi connectivity index (χ4v) is 3.01. The van der Waals surface area contributed by atoms with Crippen LogP contribution in [0, 0.1) is 0 Å². The molecule has 1 heterocycles. The topological polar surface area (TPSA) is 20.3 Å². The van der Waals surface area contributed by atoms with E-state index in [4.69, 9.17) is 0 Å². The zero-order chi connectivity index (χ0) is 16.8. The zero-order valence-electron chi connectivity index (χ0n) is 14.7. The number of fused-ring (bicyclic) bond motifs is 1. The minimum absolute atomic E-state index is 0.548. The van der Waals surface area contributed by atoms with Crippen LogP contribution in [0.5, 0.6) is 0 Å². The number of benzene rings is 1. The van der Waals surface area contributed by atoms with Crippen LogP contribution < -0.4 is 4.90 Å². The molecule has 0 bridgehead atoms. The van der Waals surface area contributed by atoms with E-state index in [-0.39, 0.29) is 0 Å². The number of allylic oxidation sites excluding steroid dienone is 6. The lowest BCUT2D eigenvalue weighted by atomic mass is 9.95. The minimum Gasteiger partial charge on any atom is -0.369 e. The molecule has 0 radical (unpaired) electrons. The Hall–Kier alpha value is -2.09. The number of carbonyl (C=O) groups excluding carboxylic acids is 1. The molecule has 1 aliphatic rings. The molecule has 2 rings (SSSR count). The van der Waals surface area contributed by atoms with E-state index in [1.54, 1.807) is 6.08 Å². The van der Waals surface area contributed by atoms with Gasteiger partial charge in [-0.05, 0) is 81.0 Å². The molecule has 122 valence electrons. The van der Waals surface area contributed by atoms with Crippen LogP contribution >= 0.6 is 0 Å². The largest absolute Gasteiger partial charge is 0.369 e. The SMILES string of the molecule is CC(/C=C/C=C(\C)c1ccc2c(c1)CCCN2C(C)C)=C\C=O. The highest BCUT2D eigenvalue weighted by Gasteiger charge is 2.19. The molecule has 0 saturated carbocycles. The van der Waals surface area contributed by atoms with E-state index in [2.05, 4.69) is 49.9 Å². The molecule has 2 heteroatoms. The maximum atomic E-state index is 10.4. The normalized spacial score (nSPS) is 16.1. The lowest BCUT2D eigenvalue weighted by Crippen LogP contribution is -2.35. The van der Waals surface area contributed by atoms with Crippen molar-refractivity contribution in [3.63, 3.8) is 0 Å². The van der Waals surface area contributed by atoms with Gasteiger partial charge in [0.25, 0.3) is 0 Å². The summed E-state index contributed by atoms with van der Waals surface area (Å²) in [6, 6.07) is 7.36. The molecule has 0 amide bonds. The molecule has 0 spiro atoms. The average Bonchev–Trinajstić information content (AvgIpc) is 2.53. The fraction of sp³-hybridized carbons (Fsp3) is 0.381. The number of anilines is 1. The maximum absolute atomic E-state index is 10.4. The average molecular weight is 309 g/mol. The Kier molecular flexibility index (Phi) is 5.97. The van der Waals surface area contributed by atoms with Crippen molar-refractivity contribution < 1.29 is 4.79 Å². The Morgan fingerprint density at radius 2 is 2.00 bits per heavy atom. The lowest BCUT2D eigenvalue weighted by molar-refractivity contribution is -0.104. The van der Waals surface area contributed by atoms with Gasteiger partial charge in [0.05, 0.1) is 0 Å². The first kappa shape index (κ1) is 17.3. The maximum Gasteiger partial charge on any atom is 0.143 e. The van der Waals surface area contributed by atoms with Crippen LogP contribution in [0.2, 0.25) is 0 Å². The van der Waals surface area contributed by atoms with Crippen molar-refractivity contribution in [2.24, 2.45) is 0 Å². The number of rotatable bonds is 5. The Balaban J connectivity index is 2.21. The van der Waals surface area contributed by atoms with Crippen LogP contribution in [0.15, 0.2) is 48.1 Å². The van der Waals surface area contributed by atoms with Gasteiger partial charge in [0.15, 0.2) is 0 Å². The van der Waals surface area contributed by atoms with E-state index < -0.39 is 0 Å². The van der Waals surface area contributed by atoms with E-state index in [1.807, 2.05) is 19.1 Å². The molecule has 0 aromatic heterocycles. The first-order valence-electron chi connectivity index (χ1n) is 8.40. The lowest BCUT2D eigenvalue weighted by Gasteiger charge is -2.35. The highest BCUT2D eigenvalue weighted by Crippen LogP contribution is 2.31. The summed E-state index contributed by atoms with van der Waals surface area (Å²) in [6.45, 7) is 9.73. The molecule has 0 N–H and O–H groups in total. The van der Waals surface area contributed by atoms with Gasteiger partial charge < -0.3 is 4.90 Å². The summed E-state index contributed by atoms with van der Waals surface area (Å²) in [5.41, 5.74) is 6.32. The smallest absolute Gasteiger partial charge is 0.143 e. The third-order valence-corrected chi connectivity index (χ3v) is 4.35. The van der Waals surface area contributed by atoms with Gasteiger partial charge in [-0.15, -0.1) is 0 Å². The Bertz CT molecular complexity index is 650. The van der Waals surface area contributed by atoms with Gasteiger partial charge in [0.2, 0.25) is 0 Å². The van der Waals surface area contributed by atoms with Crippen LogP contribution in [0.3, 0.4) is 0 Å². The van der Waals surface area contributed by atoms with Gasteiger partial charge in [0.1, 0.15) is 6.29 Å². The number of aryl methyl sites for hydroxylation is 1. The molecule has 23 heavy (non-hydrogen) atoms. The highest BCUT2D eigenvalue weighted by atomic mass is 16.1. The van der Waals surface area contributed by atoms with Gasteiger partial charge in [-0.25, -0.2) is 0 Å². The fourth-order valence-electron chi connectivity index (χ4n) is 3.01. The molecule has 1 aliphatic heterocycles. The molecule has 2 nitrogen and oxygen atoms in total. The van der Waals surface area contributed by atoms with Gasteiger partial charge in [-0.3, -0.25) is 4.79 Å². The predicted octanol–water partition coefficient (Wildman–Crippen LogP) is 4.95. The van der Waals surface area contributed by atoms with Gasteiger partial charge in [-0.2, -0.15) is 0 Å². The summed E-state index contributed by atoms with van der Waals surface area (Å²) in [5.74, 6) is 0. The first-order chi connectivity index (χ1) is 11.0. The molecular weight excluding hydrogens is 282 g/mol. The van der Waals surface area contributed by atoms with Crippen LogP contribution in [-0.2, 0) is 11.2 Å². The first-order valence-corrected chi connectivity index (χ1v) is 8.40. The van der Waals surface area contributed by atoms with Crippen molar-refractivity contribution >= 4 is 17.5 Å². The molecule has 0 unspecified atom stereocenters. The number of hydrogen-bond donors (Lipinski definition) is 0. The summed E-state index contributed by atoms with van der Waals surface area (Å²) < 4.78 is 0. The van der Waals surface area contributed by atoms with E-state index >= 15 is 0 Å². The molecule has 0 fully saturated rings. The minimum atomic E-state index is 0.548. The second-order valence-corrected chi connectivity index (χ2v) is 6.49. The quantitative estimate of drug-likeness (QED) is 0.435. The van der Waals surface area contributed by atoms with E-state index in [0.717, 1.165) is 24.8 Å². The van der Waals surface area contributed by atoms with E-state index in [1.165, 1.54) is 28.8 Å². The second kappa shape index (κ2) is 7.96. The van der Waals surface area contributed by atoms with Crippen LogP contribution in [0.25, 0.3) is 5.57 Å². The molecule has 1 aromatic carbocycles. The summed E-state index contributed by atoms with van der Waals surface area (Å²) in [4.78, 5) is 12.9. The number of nitrogens with zero attached hydrogens (tertiary/aromatic N) is 1. The summed E-state index contributed by atoms with van der Waals surface area (Å²) in [7, 11) is 0. The van der Waals surface area contributed by atoms with Gasteiger partial charge in [0, 0.05) is 18.3 Å². The van der Waals surface area contributed by atoms with Crippen molar-refractivity contribution in [3.8, 4) is 0 Å². The van der Waals surface area contributed by atoms with Gasteiger partial charge >= 0.3 is 0 Å². The number of hydrogen-bond acceptors (Lipinski definition) is 2. The van der Waals surface area contributed by atoms with Gasteiger partial charge in [-0.1, -0.05) is 24.3 Å². The Morgan fingerprint density at radius 3 is 2.70 bits per heavy atom. The highest BCUT2D eigenvalue weighted by molar-refractivity contribution is 5.70. The van der Waals surface area contributed by atoms with Crippen LogP contribution in [-0.4, -0.2) is 18.9 Å². The zero-order valence-corrected chi connectivity index (χ0v) is 14.7. The summed E-state index contributed by atoms with van der Waals surface area (Å²) in [5, 5.41) is 0. The molecule has 1 aromatic rings. The van der Waals surface area contributed by atoms with Crippen molar-refractivity contribution in [2.45, 2.75) is 46.6 Å². The van der Waals surface area contributed by atoms with Crippen molar-refractivity contribution in [3.05, 3.63) is 59.2 Å². The van der Waals surface area contributed by atoms with Crippen LogP contribution in [0.4, 0.5) is 5.69 Å². The molecular formula is C21H27NO. The molecule has 0 atom stereocenters. The summed E-state index contributed by atoms with van der Waals surface area (Å²) in [6.07, 6.45) is 10.8. The Morgan fingerprint density at radius 1 is 1.22 bits per heavy atom. The number of carbonyl (C=O) groups is 1. The predicted molar refractivity (Wildman–Crippen MR) is 99.9 cm³/mol. The Labute approximate surface area is 140 Å².